The summed E-state index contributed by atoms with van der Waals surface area (Å²) >= 11 is 0. The molecule has 4 N–H and O–H groups in total. The quantitative estimate of drug-likeness (QED) is 0.770. The maximum absolute atomic E-state index is 11.9. The molecular formula is C13H18N4O. The van der Waals surface area contributed by atoms with E-state index in [2.05, 4.69) is 15.5 Å². The van der Waals surface area contributed by atoms with E-state index in [0.717, 1.165) is 16.6 Å². The number of carbonyl (C=O) groups is 1. The molecule has 1 aromatic carbocycles. The Labute approximate surface area is 106 Å². The molecule has 1 atom stereocenters. The predicted molar refractivity (Wildman–Crippen MR) is 72.2 cm³/mol. The summed E-state index contributed by atoms with van der Waals surface area (Å²) in [7, 11) is 0. The molecule has 0 bridgehead atoms. The standard InChI is InChI=1S/C13H18N4O/c1-8(2)10(14)6-13(18)16-11-4-3-5-12-9(11)7-15-17-12/h3-5,7-8,10H,6,14H2,1-2H3,(H,15,17)(H,16,18). The minimum Gasteiger partial charge on any atom is -0.327 e. The van der Waals surface area contributed by atoms with Crippen LogP contribution in [-0.4, -0.2) is 22.1 Å². The van der Waals surface area contributed by atoms with Crippen molar-refractivity contribution in [3.05, 3.63) is 24.4 Å². The summed E-state index contributed by atoms with van der Waals surface area (Å²) in [5.74, 6) is 0.227. The van der Waals surface area contributed by atoms with Crippen molar-refractivity contribution in [2.75, 3.05) is 5.32 Å². The first-order valence-corrected chi connectivity index (χ1v) is 6.05. The van der Waals surface area contributed by atoms with E-state index >= 15 is 0 Å². The topological polar surface area (TPSA) is 83.8 Å². The average Bonchev–Trinajstić information content (AvgIpc) is 2.77. The van der Waals surface area contributed by atoms with Crippen molar-refractivity contribution in [3.8, 4) is 0 Å². The van der Waals surface area contributed by atoms with Crippen molar-refractivity contribution in [3.63, 3.8) is 0 Å². The number of aromatic amines is 1. The fourth-order valence-corrected chi connectivity index (χ4v) is 1.73. The summed E-state index contributed by atoms with van der Waals surface area (Å²) < 4.78 is 0. The zero-order chi connectivity index (χ0) is 13.1. The van der Waals surface area contributed by atoms with Crippen LogP contribution in [-0.2, 0) is 4.79 Å². The van der Waals surface area contributed by atoms with Crippen LogP contribution in [0.1, 0.15) is 20.3 Å². The van der Waals surface area contributed by atoms with Crippen LogP contribution in [0.3, 0.4) is 0 Å². The van der Waals surface area contributed by atoms with Crippen LogP contribution in [0.5, 0.6) is 0 Å². The van der Waals surface area contributed by atoms with Gasteiger partial charge in [0.1, 0.15) is 0 Å². The zero-order valence-corrected chi connectivity index (χ0v) is 10.6. The van der Waals surface area contributed by atoms with Gasteiger partial charge in [0.15, 0.2) is 0 Å². The van der Waals surface area contributed by atoms with Crippen LogP contribution in [0.2, 0.25) is 0 Å². The molecule has 5 nitrogen and oxygen atoms in total. The van der Waals surface area contributed by atoms with E-state index in [4.69, 9.17) is 5.73 Å². The summed E-state index contributed by atoms with van der Waals surface area (Å²) in [6.07, 6.45) is 2.03. The molecule has 96 valence electrons. The van der Waals surface area contributed by atoms with E-state index in [-0.39, 0.29) is 11.9 Å². The van der Waals surface area contributed by atoms with Gasteiger partial charge in [-0.2, -0.15) is 5.10 Å². The molecule has 1 aromatic heterocycles. The first kappa shape index (κ1) is 12.6. The predicted octanol–water partition coefficient (Wildman–Crippen LogP) is 1.87. The average molecular weight is 246 g/mol. The van der Waals surface area contributed by atoms with Crippen molar-refractivity contribution < 1.29 is 4.79 Å². The molecule has 0 saturated heterocycles. The number of aromatic nitrogens is 2. The molecule has 18 heavy (non-hydrogen) atoms. The Kier molecular flexibility index (Phi) is 3.62. The molecule has 2 rings (SSSR count). The number of fused-ring (bicyclic) bond motifs is 1. The van der Waals surface area contributed by atoms with Crippen molar-refractivity contribution >= 4 is 22.5 Å². The van der Waals surface area contributed by atoms with Crippen LogP contribution in [0.15, 0.2) is 24.4 Å². The van der Waals surface area contributed by atoms with Crippen molar-refractivity contribution in [2.45, 2.75) is 26.3 Å². The molecular weight excluding hydrogens is 228 g/mol. The van der Waals surface area contributed by atoms with Crippen LogP contribution < -0.4 is 11.1 Å². The minimum atomic E-state index is -0.117. The normalized spacial score (nSPS) is 12.9. The van der Waals surface area contributed by atoms with Gasteiger partial charge in [-0.3, -0.25) is 9.89 Å². The number of amides is 1. The second-order valence-corrected chi connectivity index (χ2v) is 4.80. The molecule has 0 fully saturated rings. The van der Waals surface area contributed by atoms with Gasteiger partial charge in [0, 0.05) is 17.8 Å². The largest absolute Gasteiger partial charge is 0.327 e. The van der Waals surface area contributed by atoms with Gasteiger partial charge in [-0.25, -0.2) is 0 Å². The lowest BCUT2D eigenvalue weighted by atomic mass is 10.0. The third-order valence-corrected chi connectivity index (χ3v) is 3.04. The Morgan fingerprint density at radius 2 is 2.28 bits per heavy atom. The fraction of sp³-hybridized carbons (Fsp3) is 0.385. The number of nitrogens with zero attached hydrogens (tertiary/aromatic N) is 1. The first-order chi connectivity index (χ1) is 8.58. The lowest BCUT2D eigenvalue weighted by Crippen LogP contribution is -2.31. The summed E-state index contributed by atoms with van der Waals surface area (Å²) in [6.45, 7) is 4.02. The van der Waals surface area contributed by atoms with E-state index in [1.807, 2.05) is 32.0 Å². The number of hydrogen-bond acceptors (Lipinski definition) is 3. The minimum absolute atomic E-state index is 0.0649. The van der Waals surface area contributed by atoms with Crippen LogP contribution in [0.4, 0.5) is 5.69 Å². The number of H-pyrrole nitrogens is 1. The molecule has 0 aliphatic heterocycles. The lowest BCUT2D eigenvalue weighted by molar-refractivity contribution is -0.116. The maximum Gasteiger partial charge on any atom is 0.225 e. The highest BCUT2D eigenvalue weighted by Gasteiger charge is 2.14. The number of rotatable bonds is 4. The Hall–Kier alpha value is -1.88. The van der Waals surface area contributed by atoms with Gasteiger partial charge in [0.2, 0.25) is 5.91 Å². The van der Waals surface area contributed by atoms with Gasteiger partial charge in [-0.1, -0.05) is 19.9 Å². The van der Waals surface area contributed by atoms with E-state index < -0.39 is 0 Å². The van der Waals surface area contributed by atoms with E-state index in [0.29, 0.717) is 12.3 Å². The number of nitrogens with two attached hydrogens (primary N) is 1. The van der Waals surface area contributed by atoms with E-state index in [9.17, 15) is 4.79 Å². The van der Waals surface area contributed by atoms with Gasteiger partial charge in [-0.15, -0.1) is 0 Å². The van der Waals surface area contributed by atoms with Gasteiger partial charge in [0.05, 0.1) is 17.4 Å². The highest BCUT2D eigenvalue weighted by Crippen LogP contribution is 2.21. The van der Waals surface area contributed by atoms with Gasteiger partial charge in [0.25, 0.3) is 0 Å². The molecule has 1 unspecified atom stereocenters. The maximum atomic E-state index is 11.9. The molecule has 2 aromatic rings. The lowest BCUT2D eigenvalue weighted by Gasteiger charge is -2.15. The summed E-state index contributed by atoms with van der Waals surface area (Å²) in [6, 6.07) is 5.53. The van der Waals surface area contributed by atoms with Gasteiger partial charge < -0.3 is 11.1 Å². The first-order valence-electron chi connectivity index (χ1n) is 6.05. The number of hydrogen-bond donors (Lipinski definition) is 3. The van der Waals surface area contributed by atoms with Crippen LogP contribution in [0, 0.1) is 5.92 Å². The molecule has 0 aliphatic carbocycles. The molecule has 5 heteroatoms. The second-order valence-electron chi connectivity index (χ2n) is 4.80. The highest BCUT2D eigenvalue weighted by molar-refractivity contribution is 6.00. The van der Waals surface area contributed by atoms with Crippen molar-refractivity contribution in [1.29, 1.82) is 0 Å². The van der Waals surface area contributed by atoms with Crippen molar-refractivity contribution in [2.24, 2.45) is 11.7 Å². The number of anilines is 1. The van der Waals surface area contributed by atoms with Gasteiger partial charge in [-0.05, 0) is 18.1 Å². The van der Waals surface area contributed by atoms with Crippen molar-refractivity contribution in [1.82, 2.24) is 10.2 Å². The number of nitrogens with one attached hydrogen (secondary N) is 2. The third-order valence-electron chi connectivity index (χ3n) is 3.04. The van der Waals surface area contributed by atoms with Crippen LogP contribution in [0.25, 0.3) is 10.9 Å². The van der Waals surface area contributed by atoms with E-state index in [1.165, 1.54) is 0 Å². The Morgan fingerprint density at radius 1 is 1.50 bits per heavy atom. The Bertz CT molecular complexity index is 547. The summed E-state index contributed by atoms with van der Waals surface area (Å²) in [5.41, 5.74) is 7.55. The second kappa shape index (κ2) is 5.18. The monoisotopic (exact) mass is 246 g/mol. The van der Waals surface area contributed by atoms with E-state index in [1.54, 1.807) is 6.20 Å². The molecule has 1 heterocycles. The summed E-state index contributed by atoms with van der Waals surface area (Å²) in [5, 5.41) is 10.6. The smallest absolute Gasteiger partial charge is 0.225 e. The molecule has 1 amide bonds. The van der Waals surface area contributed by atoms with Gasteiger partial charge >= 0.3 is 0 Å². The molecule has 0 aliphatic rings. The zero-order valence-electron chi connectivity index (χ0n) is 10.6. The third kappa shape index (κ3) is 2.68. The highest BCUT2D eigenvalue weighted by atomic mass is 16.1. The molecule has 0 spiro atoms. The summed E-state index contributed by atoms with van der Waals surface area (Å²) in [4.78, 5) is 11.9. The van der Waals surface area contributed by atoms with Crippen LogP contribution >= 0.6 is 0 Å². The molecule has 0 saturated carbocycles. The number of benzene rings is 1. The molecule has 0 radical (unpaired) electrons. The fourth-order valence-electron chi connectivity index (χ4n) is 1.73. The Balaban J connectivity index is 2.09. The Morgan fingerprint density at radius 3 is 3.00 bits per heavy atom. The number of carbonyl (C=O) groups excluding carboxylic acids is 1. The SMILES string of the molecule is CC(C)C(N)CC(=O)Nc1cccc2[nH]ncc12.